The molecule has 0 bridgehead atoms. The summed E-state index contributed by atoms with van der Waals surface area (Å²) in [5, 5.41) is 1.04. The Balaban J connectivity index is 2.06. The molecule has 3 aromatic rings. The van der Waals surface area contributed by atoms with Crippen molar-refractivity contribution in [3.8, 4) is 16.9 Å². The van der Waals surface area contributed by atoms with Crippen LogP contribution in [0.15, 0.2) is 48.5 Å². The fraction of sp³-hybridized carbons (Fsp3) is 0.111. The van der Waals surface area contributed by atoms with Crippen molar-refractivity contribution in [1.82, 2.24) is 0 Å². The first-order valence-corrected chi connectivity index (χ1v) is 6.99. The third-order valence-electron chi connectivity index (χ3n) is 3.58. The number of hydrogen-bond donors (Lipinski definition) is 0. The third kappa shape index (κ3) is 3.18. The molecule has 24 heavy (non-hydrogen) atoms. The van der Waals surface area contributed by atoms with E-state index in [4.69, 9.17) is 0 Å². The largest absolute Gasteiger partial charge is 0.573 e. The molecule has 0 aromatic heterocycles. The van der Waals surface area contributed by atoms with Crippen molar-refractivity contribution >= 4 is 10.8 Å². The minimum Gasteiger partial charge on any atom is -0.403 e. The Labute approximate surface area is 134 Å². The van der Waals surface area contributed by atoms with Crippen LogP contribution in [0.3, 0.4) is 0 Å². The van der Waals surface area contributed by atoms with Crippen LogP contribution in [0.1, 0.15) is 5.56 Å². The van der Waals surface area contributed by atoms with E-state index < -0.39 is 23.7 Å². The number of benzene rings is 3. The van der Waals surface area contributed by atoms with Crippen LogP contribution in [0.2, 0.25) is 0 Å². The van der Waals surface area contributed by atoms with Crippen molar-refractivity contribution in [2.75, 3.05) is 0 Å². The zero-order valence-corrected chi connectivity index (χ0v) is 12.4. The van der Waals surface area contributed by atoms with Gasteiger partial charge in [-0.15, -0.1) is 13.2 Å². The van der Waals surface area contributed by atoms with Crippen LogP contribution in [0.25, 0.3) is 21.9 Å². The van der Waals surface area contributed by atoms with Gasteiger partial charge in [0.15, 0.2) is 11.6 Å². The highest BCUT2D eigenvalue weighted by molar-refractivity contribution is 5.88. The molecule has 0 heterocycles. The topological polar surface area (TPSA) is 9.23 Å². The molecule has 3 aromatic carbocycles. The highest BCUT2D eigenvalue weighted by atomic mass is 19.4. The van der Waals surface area contributed by atoms with Crippen LogP contribution in [-0.4, -0.2) is 6.36 Å². The van der Waals surface area contributed by atoms with E-state index in [0.717, 1.165) is 17.7 Å². The van der Waals surface area contributed by atoms with E-state index >= 15 is 0 Å². The molecule has 0 spiro atoms. The Hall–Kier alpha value is -2.63. The molecule has 1 nitrogen and oxygen atoms in total. The molecule has 6 heteroatoms. The lowest BCUT2D eigenvalue weighted by atomic mass is 9.99. The second-order valence-electron chi connectivity index (χ2n) is 5.34. The summed E-state index contributed by atoms with van der Waals surface area (Å²) in [7, 11) is 0. The number of fused-ring (bicyclic) bond motifs is 1. The van der Waals surface area contributed by atoms with Crippen LogP contribution in [0, 0.1) is 18.6 Å². The van der Waals surface area contributed by atoms with Crippen LogP contribution < -0.4 is 4.74 Å². The van der Waals surface area contributed by atoms with Gasteiger partial charge in [-0.2, -0.15) is 0 Å². The van der Waals surface area contributed by atoms with Crippen LogP contribution in [0.5, 0.6) is 5.75 Å². The summed E-state index contributed by atoms with van der Waals surface area (Å²) in [6, 6.07) is 11.1. The molecule has 0 fully saturated rings. The van der Waals surface area contributed by atoms with Gasteiger partial charge in [0, 0.05) is 10.9 Å². The van der Waals surface area contributed by atoms with E-state index in [1.807, 2.05) is 13.0 Å². The average molecular weight is 338 g/mol. The van der Waals surface area contributed by atoms with Gasteiger partial charge in [-0.25, -0.2) is 8.78 Å². The lowest BCUT2D eigenvalue weighted by Crippen LogP contribution is -2.17. The van der Waals surface area contributed by atoms with E-state index in [1.54, 1.807) is 18.2 Å². The highest BCUT2D eigenvalue weighted by Gasteiger charge is 2.32. The first-order chi connectivity index (χ1) is 11.2. The van der Waals surface area contributed by atoms with Crippen molar-refractivity contribution in [3.05, 3.63) is 65.7 Å². The minimum atomic E-state index is -4.99. The summed E-state index contributed by atoms with van der Waals surface area (Å²) in [5.41, 5.74) is 1.19. The summed E-state index contributed by atoms with van der Waals surface area (Å²) < 4.78 is 68.5. The van der Waals surface area contributed by atoms with Gasteiger partial charge in [0.05, 0.1) is 0 Å². The summed E-state index contributed by atoms with van der Waals surface area (Å²) in [6.07, 6.45) is -4.99. The van der Waals surface area contributed by atoms with Gasteiger partial charge in [-0.05, 0) is 30.0 Å². The number of rotatable bonds is 2. The third-order valence-corrected chi connectivity index (χ3v) is 3.58. The number of alkyl halides is 3. The molecule has 124 valence electrons. The first-order valence-electron chi connectivity index (χ1n) is 6.99. The van der Waals surface area contributed by atoms with Crippen LogP contribution >= 0.6 is 0 Å². The van der Waals surface area contributed by atoms with Crippen molar-refractivity contribution in [2.45, 2.75) is 13.3 Å². The minimum absolute atomic E-state index is 0.101. The molecule has 0 unspecified atom stereocenters. The normalized spacial score (nSPS) is 11.8. The van der Waals surface area contributed by atoms with Gasteiger partial charge in [0.1, 0.15) is 5.82 Å². The molecular weight excluding hydrogens is 327 g/mol. The fourth-order valence-corrected chi connectivity index (χ4v) is 2.51. The predicted molar refractivity (Wildman–Crippen MR) is 80.7 cm³/mol. The second kappa shape index (κ2) is 5.78. The first kappa shape index (κ1) is 16.2. The maximum atomic E-state index is 14.7. The van der Waals surface area contributed by atoms with E-state index in [2.05, 4.69) is 4.74 Å². The Morgan fingerprint density at radius 2 is 1.62 bits per heavy atom. The maximum absolute atomic E-state index is 14.7. The van der Waals surface area contributed by atoms with E-state index in [-0.39, 0.29) is 11.1 Å². The second-order valence-corrected chi connectivity index (χ2v) is 5.34. The van der Waals surface area contributed by atoms with Crippen molar-refractivity contribution in [2.24, 2.45) is 0 Å². The zero-order valence-electron chi connectivity index (χ0n) is 12.4. The van der Waals surface area contributed by atoms with Gasteiger partial charge in [-0.3, -0.25) is 0 Å². The smallest absolute Gasteiger partial charge is 0.403 e. The van der Waals surface area contributed by atoms with Crippen molar-refractivity contribution in [1.29, 1.82) is 0 Å². The molecule has 3 rings (SSSR count). The van der Waals surface area contributed by atoms with E-state index in [9.17, 15) is 22.0 Å². The van der Waals surface area contributed by atoms with Gasteiger partial charge >= 0.3 is 6.36 Å². The zero-order chi connectivity index (χ0) is 17.5. The fourth-order valence-electron chi connectivity index (χ4n) is 2.51. The summed E-state index contributed by atoms with van der Waals surface area (Å²) in [6.45, 7) is 1.88. The standard InChI is InChI=1S/C18H11F5O/c1-10-2-5-13-11(8-10)3-6-14(17(13)20)12-4-7-16(15(19)9-12)24-18(21,22)23/h2-9H,1H3. The van der Waals surface area contributed by atoms with Crippen LogP contribution in [0.4, 0.5) is 22.0 Å². The lowest BCUT2D eigenvalue weighted by Gasteiger charge is -2.12. The monoisotopic (exact) mass is 338 g/mol. The highest BCUT2D eigenvalue weighted by Crippen LogP contribution is 2.33. The van der Waals surface area contributed by atoms with E-state index in [1.165, 1.54) is 12.1 Å². The number of ether oxygens (including phenoxy) is 1. The lowest BCUT2D eigenvalue weighted by molar-refractivity contribution is -0.275. The van der Waals surface area contributed by atoms with Gasteiger partial charge < -0.3 is 4.74 Å². The summed E-state index contributed by atoms with van der Waals surface area (Å²) in [5.74, 6) is -2.73. The molecule has 0 aliphatic heterocycles. The van der Waals surface area contributed by atoms with Crippen molar-refractivity contribution in [3.63, 3.8) is 0 Å². The van der Waals surface area contributed by atoms with Gasteiger partial charge in [0.25, 0.3) is 0 Å². The quantitative estimate of drug-likeness (QED) is 0.521. The molecule has 0 saturated heterocycles. The molecule has 0 amide bonds. The maximum Gasteiger partial charge on any atom is 0.573 e. The predicted octanol–water partition coefficient (Wildman–Crippen LogP) is 5.99. The molecule has 0 N–H and O–H groups in total. The Kier molecular flexibility index (Phi) is 3.91. The Morgan fingerprint density at radius 1 is 0.875 bits per heavy atom. The van der Waals surface area contributed by atoms with Crippen molar-refractivity contribution < 1.29 is 26.7 Å². The molecule has 0 aliphatic carbocycles. The number of halogens is 5. The Morgan fingerprint density at radius 3 is 2.29 bits per heavy atom. The summed E-state index contributed by atoms with van der Waals surface area (Å²) >= 11 is 0. The molecule has 0 radical (unpaired) electrons. The molecule has 0 atom stereocenters. The van der Waals surface area contributed by atoms with Gasteiger partial charge in [-0.1, -0.05) is 42.0 Å². The number of hydrogen-bond acceptors (Lipinski definition) is 1. The van der Waals surface area contributed by atoms with E-state index in [0.29, 0.717) is 10.8 Å². The summed E-state index contributed by atoms with van der Waals surface area (Å²) in [4.78, 5) is 0. The average Bonchev–Trinajstić information content (AvgIpc) is 2.48. The molecule has 0 saturated carbocycles. The van der Waals surface area contributed by atoms with Gasteiger partial charge in [0.2, 0.25) is 0 Å². The molecular formula is C18H11F5O. The SMILES string of the molecule is Cc1ccc2c(F)c(-c3ccc(OC(F)(F)F)c(F)c3)ccc2c1. The molecule has 0 aliphatic rings. The Bertz CT molecular complexity index is 915. The van der Waals surface area contributed by atoms with Crippen LogP contribution in [-0.2, 0) is 0 Å². The number of aryl methyl sites for hydroxylation is 1.